The number of benzene rings is 4. The van der Waals surface area contributed by atoms with Crippen LogP contribution in [0.15, 0.2) is 78.9 Å². The van der Waals surface area contributed by atoms with Crippen LogP contribution in [0.3, 0.4) is 0 Å². The number of hydrogen-bond acceptors (Lipinski definition) is 8. The molecule has 0 atom stereocenters. The molecule has 1 aliphatic heterocycles. The Hall–Kier alpha value is -5.06. The van der Waals surface area contributed by atoms with Crippen molar-refractivity contribution in [3.63, 3.8) is 0 Å². The first-order chi connectivity index (χ1) is 20.0. The number of nitro groups is 1. The SMILES string of the molecule is Cc1ccc(C(=O)OCC(=O)c2ccc(Oc3ccc([N+](=O)[O-])cc3)cc2)cc1N1C(=O)c2cc(Cl)c(Cl)cc2C1=O. The lowest BCUT2D eigenvalue weighted by atomic mass is 10.1. The molecule has 0 fully saturated rings. The lowest BCUT2D eigenvalue weighted by Gasteiger charge is -2.17. The van der Waals surface area contributed by atoms with Crippen LogP contribution in [-0.4, -0.2) is 35.1 Å². The highest BCUT2D eigenvalue weighted by Crippen LogP contribution is 2.35. The van der Waals surface area contributed by atoms with Gasteiger partial charge < -0.3 is 9.47 Å². The van der Waals surface area contributed by atoms with Crippen molar-refractivity contribution in [3.05, 3.63) is 127 Å². The van der Waals surface area contributed by atoms with Crippen molar-refractivity contribution in [1.82, 2.24) is 0 Å². The van der Waals surface area contributed by atoms with Gasteiger partial charge in [0.15, 0.2) is 12.4 Å². The van der Waals surface area contributed by atoms with Gasteiger partial charge in [-0.1, -0.05) is 29.3 Å². The van der Waals surface area contributed by atoms with Crippen molar-refractivity contribution in [3.8, 4) is 11.5 Å². The molecule has 0 N–H and O–H groups in total. The highest BCUT2D eigenvalue weighted by molar-refractivity contribution is 6.44. The molecule has 0 saturated heterocycles. The fraction of sp³-hybridized carbons (Fsp3) is 0.0667. The molecule has 0 saturated carbocycles. The van der Waals surface area contributed by atoms with E-state index in [1.807, 2.05) is 0 Å². The number of nitro benzene ring substituents is 1. The number of ketones is 1. The molecule has 12 heteroatoms. The molecule has 4 aromatic carbocycles. The normalized spacial score (nSPS) is 12.2. The van der Waals surface area contributed by atoms with Crippen LogP contribution in [0.5, 0.6) is 11.5 Å². The minimum atomic E-state index is -0.828. The van der Waals surface area contributed by atoms with Gasteiger partial charge in [0.2, 0.25) is 0 Å². The highest BCUT2D eigenvalue weighted by atomic mass is 35.5. The third kappa shape index (κ3) is 5.58. The molecule has 2 amide bonds. The Morgan fingerprint density at radius 1 is 0.810 bits per heavy atom. The quantitative estimate of drug-likeness (QED) is 0.0701. The standard InChI is InChI=1S/C30H18Cl2N2O8/c1-16-2-3-18(12-26(16)33-28(36)22-13-24(31)25(32)14-23(22)29(33)37)30(38)41-15-27(35)17-4-8-20(9-5-17)42-21-10-6-19(7-11-21)34(39)40/h2-14H,15H2,1H3. The number of amides is 2. The lowest BCUT2D eigenvalue weighted by molar-refractivity contribution is -0.384. The van der Waals surface area contributed by atoms with Gasteiger partial charge in [0, 0.05) is 17.7 Å². The molecule has 0 aromatic heterocycles. The first-order valence-electron chi connectivity index (χ1n) is 12.2. The van der Waals surface area contributed by atoms with Crippen LogP contribution in [-0.2, 0) is 4.74 Å². The molecule has 1 heterocycles. The van der Waals surface area contributed by atoms with E-state index < -0.39 is 35.1 Å². The summed E-state index contributed by atoms with van der Waals surface area (Å²) in [7, 11) is 0. The topological polar surface area (TPSA) is 133 Å². The summed E-state index contributed by atoms with van der Waals surface area (Å²) in [5.41, 5.74) is 1.13. The average Bonchev–Trinajstić information content (AvgIpc) is 3.21. The Morgan fingerprint density at radius 3 is 1.88 bits per heavy atom. The Bertz CT molecular complexity index is 1750. The molecule has 1 aliphatic rings. The van der Waals surface area contributed by atoms with E-state index >= 15 is 0 Å². The van der Waals surface area contributed by atoms with E-state index in [0.717, 1.165) is 4.90 Å². The predicted molar refractivity (Wildman–Crippen MR) is 153 cm³/mol. The zero-order valence-corrected chi connectivity index (χ0v) is 23.1. The van der Waals surface area contributed by atoms with Gasteiger partial charge in [0.25, 0.3) is 17.5 Å². The smallest absolute Gasteiger partial charge is 0.338 e. The summed E-state index contributed by atoms with van der Waals surface area (Å²) in [6.07, 6.45) is 0. The number of fused-ring (bicyclic) bond motifs is 1. The lowest BCUT2D eigenvalue weighted by Crippen LogP contribution is -2.30. The number of aryl methyl sites for hydroxylation is 1. The van der Waals surface area contributed by atoms with E-state index in [4.69, 9.17) is 32.7 Å². The number of Topliss-reactive ketones (excluding diaryl/α,β-unsaturated/α-hetero) is 1. The molecule has 42 heavy (non-hydrogen) atoms. The van der Waals surface area contributed by atoms with Crippen molar-refractivity contribution >= 4 is 58.1 Å². The number of halogens is 2. The Labute approximate surface area is 248 Å². The second-order valence-electron chi connectivity index (χ2n) is 9.14. The second kappa shape index (κ2) is 11.4. The molecule has 0 radical (unpaired) electrons. The monoisotopic (exact) mass is 604 g/mol. The largest absolute Gasteiger partial charge is 0.457 e. The molecular formula is C30H18Cl2N2O8. The van der Waals surface area contributed by atoms with Crippen molar-refractivity contribution in [2.45, 2.75) is 6.92 Å². The van der Waals surface area contributed by atoms with Crippen LogP contribution < -0.4 is 9.64 Å². The number of nitrogens with zero attached hydrogens (tertiary/aromatic N) is 2. The zero-order valence-electron chi connectivity index (χ0n) is 21.6. The maximum atomic E-state index is 13.0. The van der Waals surface area contributed by atoms with E-state index in [0.29, 0.717) is 17.1 Å². The second-order valence-corrected chi connectivity index (χ2v) is 9.95. The molecule has 10 nitrogen and oxygen atoms in total. The van der Waals surface area contributed by atoms with Crippen LogP contribution in [0, 0.1) is 17.0 Å². The number of carbonyl (C=O) groups excluding carboxylic acids is 4. The van der Waals surface area contributed by atoms with Gasteiger partial charge in [0.05, 0.1) is 37.3 Å². The van der Waals surface area contributed by atoms with Crippen molar-refractivity contribution < 1.29 is 33.6 Å². The summed E-state index contributed by atoms with van der Waals surface area (Å²) in [6.45, 7) is 1.11. The Kier molecular flexibility index (Phi) is 7.75. The first kappa shape index (κ1) is 28.5. The molecule has 5 rings (SSSR count). The van der Waals surface area contributed by atoms with Crippen LogP contribution in [0.25, 0.3) is 0 Å². The fourth-order valence-corrected chi connectivity index (χ4v) is 4.54. The third-order valence-electron chi connectivity index (χ3n) is 6.41. The molecule has 0 aliphatic carbocycles. The number of esters is 1. The molecule has 0 unspecified atom stereocenters. The maximum absolute atomic E-state index is 13.0. The van der Waals surface area contributed by atoms with Gasteiger partial charge in [-0.25, -0.2) is 9.69 Å². The minimum Gasteiger partial charge on any atom is -0.457 e. The third-order valence-corrected chi connectivity index (χ3v) is 7.13. The fourth-order valence-electron chi connectivity index (χ4n) is 4.21. The Morgan fingerprint density at radius 2 is 1.33 bits per heavy atom. The van der Waals surface area contributed by atoms with Crippen LogP contribution in [0.1, 0.15) is 47.0 Å². The van der Waals surface area contributed by atoms with Gasteiger partial charge >= 0.3 is 5.97 Å². The van der Waals surface area contributed by atoms with Crippen LogP contribution in [0.2, 0.25) is 10.0 Å². The van der Waals surface area contributed by atoms with Gasteiger partial charge in [-0.15, -0.1) is 0 Å². The van der Waals surface area contributed by atoms with Crippen LogP contribution >= 0.6 is 23.2 Å². The van der Waals surface area contributed by atoms with Gasteiger partial charge in [-0.05, 0) is 73.2 Å². The first-order valence-corrected chi connectivity index (χ1v) is 13.0. The minimum absolute atomic E-state index is 0.0304. The van der Waals surface area contributed by atoms with E-state index in [1.165, 1.54) is 72.8 Å². The van der Waals surface area contributed by atoms with Crippen molar-refractivity contribution in [2.24, 2.45) is 0 Å². The van der Waals surface area contributed by atoms with E-state index in [1.54, 1.807) is 13.0 Å². The molecule has 4 aromatic rings. The maximum Gasteiger partial charge on any atom is 0.338 e. The summed E-state index contributed by atoms with van der Waals surface area (Å²) in [5.74, 6) is -1.77. The van der Waals surface area contributed by atoms with Crippen molar-refractivity contribution in [1.29, 1.82) is 0 Å². The molecular weight excluding hydrogens is 587 g/mol. The Balaban J connectivity index is 1.24. The summed E-state index contributed by atoms with van der Waals surface area (Å²) < 4.78 is 10.8. The number of carbonyl (C=O) groups is 4. The zero-order chi connectivity index (χ0) is 30.1. The van der Waals surface area contributed by atoms with Gasteiger partial charge in [-0.3, -0.25) is 24.5 Å². The summed E-state index contributed by atoms with van der Waals surface area (Å²) in [6, 6.07) is 18.6. The average molecular weight is 605 g/mol. The van der Waals surface area contributed by atoms with Crippen molar-refractivity contribution in [2.75, 3.05) is 11.5 Å². The van der Waals surface area contributed by atoms with E-state index in [9.17, 15) is 29.3 Å². The summed E-state index contributed by atoms with van der Waals surface area (Å²) in [5, 5.41) is 11.0. The van der Waals surface area contributed by atoms with Crippen LogP contribution in [0.4, 0.5) is 11.4 Å². The predicted octanol–water partition coefficient (Wildman–Crippen LogP) is 6.84. The number of anilines is 1. The number of non-ortho nitro benzene ring substituents is 1. The molecule has 0 bridgehead atoms. The number of rotatable bonds is 8. The van der Waals surface area contributed by atoms with E-state index in [-0.39, 0.29) is 43.7 Å². The highest BCUT2D eigenvalue weighted by Gasteiger charge is 2.38. The number of ether oxygens (including phenoxy) is 2. The van der Waals surface area contributed by atoms with Gasteiger partial charge in [-0.2, -0.15) is 0 Å². The molecule has 210 valence electrons. The number of hydrogen-bond donors (Lipinski definition) is 0. The van der Waals surface area contributed by atoms with Gasteiger partial charge in [0.1, 0.15) is 11.5 Å². The summed E-state index contributed by atoms with van der Waals surface area (Å²) >= 11 is 12.1. The summed E-state index contributed by atoms with van der Waals surface area (Å²) in [4.78, 5) is 62.7. The number of imide groups is 1. The molecule has 0 spiro atoms. The van der Waals surface area contributed by atoms with E-state index in [2.05, 4.69) is 0 Å².